The Hall–Kier alpha value is -2.17. The zero-order chi connectivity index (χ0) is 19.1. The highest BCUT2D eigenvalue weighted by atomic mass is 19.1. The van der Waals surface area contributed by atoms with Crippen LogP contribution in [0.1, 0.15) is 47.9 Å². The standard InChI is InChI=1S/C24H28FN3/c25-17-9-7-16(8-10-17)20-13-22-23(18-3-1-2-4-21(18)28-22)19(24(20)26)11-12-27-14-15-5-6-15/h1-4,7-10,15,19-20,24,27-28H,5-6,11-14,26H2/t19-,20-,24+/m1/s1. The minimum absolute atomic E-state index is 0.0277. The minimum Gasteiger partial charge on any atom is -0.358 e. The Balaban J connectivity index is 1.47. The van der Waals surface area contributed by atoms with Crippen molar-refractivity contribution >= 4 is 10.9 Å². The van der Waals surface area contributed by atoms with Crippen molar-refractivity contribution in [3.8, 4) is 0 Å². The molecule has 0 amide bonds. The molecule has 4 heteroatoms. The van der Waals surface area contributed by atoms with E-state index in [-0.39, 0.29) is 17.8 Å². The van der Waals surface area contributed by atoms with Gasteiger partial charge in [-0.3, -0.25) is 0 Å². The summed E-state index contributed by atoms with van der Waals surface area (Å²) in [7, 11) is 0. The van der Waals surface area contributed by atoms with Crippen molar-refractivity contribution in [2.75, 3.05) is 13.1 Å². The number of para-hydroxylation sites is 1. The highest BCUT2D eigenvalue weighted by Gasteiger charge is 2.37. The highest BCUT2D eigenvalue weighted by Crippen LogP contribution is 2.44. The summed E-state index contributed by atoms with van der Waals surface area (Å²) in [5.41, 5.74) is 11.9. The van der Waals surface area contributed by atoms with Gasteiger partial charge in [-0.05, 0) is 74.0 Å². The summed E-state index contributed by atoms with van der Waals surface area (Å²) in [6, 6.07) is 15.5. The summed E-state index contributed by atoms with van der Waals surface area (Å²) >= 11 is 0. The molecule has 0 saturated heterocycles. The second kappa shape index (κ2) is 7.34. The number of aromatic nitrogens is 1. The van der Waals surface area contributed by atoms with Crippen LogP contribution < -0.4 is 11.1 Å². The maximum absolute atomic E-state index is 13.4. The van der Waals surface area contributed by atoms with Crippen molar-refractivity contribution < 1.29 is 4.39 Å². The Morgan fingerprint density at radius 3 is 2.64 bits per heavy atom. The first-order valence-corrected chi connectivity index (χ1v) is 10.5. The van der Waals surface area contributed by atoms with Gasteiger partial charge in [0.05, 0.1) is 0 Å². The molecule has 0 bridgehead atoms. The predicted molar refractivity (Wildman–Crippen MR) is 112 cm³/mol. The van der Waals surface area contributed by atoms with Gasteiger partial charge in [-0.2, -0.15) is 0 Å². The van der Waals surface area contributed by atoms with Crippen LogP contribution in [0.25, 0.3) is 10.9 Å². The quantitative estimate of drug-likeness (QED) is 0.556. The van der Waals surface area contributed by atoms with Gasteiger partial charge >= 0.3 is 0 Å². The van der Waals surface area contributed by atoms with E-state index in [9.17, 15) is 4.39 Å². The third kappa shape index (κ3) is 3.36. The molecule has 1 fully saturated rings. The van der Waals surface area contributed by atoms with Gasteiger partial charge in [0, 0.05) is 34.5 Å². The molecular weight excluding hydrogens is 349 g/mol. The van der Waals surface area contributed by atoms with Crippen molar-refractivity contribution in [1.82, 2.24) is 10.3 Å². The molecule has 0 unspecified atom stereocenters. The van der Waals surface area contributed by atoms with Crippen molar-refractivity contribution in [2.24, 2.45) is 11.7 Å². The molecule has 1 saturated carbocycles. The number of halogens is 1. The first-order valence-electron chi connectivity index (χ1n) is 10.5. The molecule has 3 atom stereocenters. The second-order valence-electron chi connectivity index (χ2n) is 8.54. The van der Waals surface area contributed by atoms with E-state index in [1.807, 2.05) is 12.1 Å². The Kier molecular flexibility index (Phi) is 4.69. The van der Waals surface area contributed by atoms with Crippen LogP contribution >= 0.6 is 0 Å². The molecule has 4 N–H and O–H groups in total. The lowest BCUT2D eigenvalue weighted by Gasteiger charge is -2.37. The number of hydrogen-bond donors (Lipinski definition) is 3. The predicted octanol–water partition coefficient (Wildman–Crippen LogP) is 4.45. The average molecular weight is 378 g/mol. The summed E-state index contributed by atoms with van der Waals surface area (Å²) in [6.07, 6.45) is 4.65. The number of hydrogen-bond acceptors (Lipinski definition) is 2. The smallest absolute Gasteiger partial charge is 0.123 e. The van der Waals surface area contributed by atoms with E-state index in [0.29, 0.717) is 5.92 Å². The number of nitrogens with two attached hydrogens (primary N) is 1. The van der Waals surface area contributed by atoms with Crippen LogP contribution in [0.3, 0.4) is 0 Å². The van der Waals surface area contributed by atoms with Crippen LogP contribution in [0.4, 0.5) is 4.39 Å². The van der Waals surface area contributed by atoms with Crippen molar-refractivity contribution in [1.29, 1.82) is 0 Å². The van der Waals surface area contributed by atoms with Gasteiger partial charge in [-0.25, -0.2) is 4.39 Å². The van der Waals surface area contributed by atoms with Gasteiger partial charge < -0.3 is 16.0 Å². The van der Waals surface area contributed by atoms with Crippen molar-refractivity contribution in [3.05, 3.63) is 71.2 Å². The molecule has 2 aliphatic carbocycles. The number of nitrogens with one attached hydrogen (secondary N) is 2. The second-order valence-corrected chi connectivity index (χ2v) is 8.54. The van der Waals surface area contributed by atoms with Crippen LogP contribution in [-0.4, -0.2) is 24.1 Å². The molecule has 2 aromatic carbocycles. The molecule has 1 heterocycles. The Morgan fingerprint density at radius 2 is 1.86 bits per heavy atom. The molecule has 1 aromatic heterocycles. The lowest BCUT2D eigenvalue weighted by atomic mass is 9.71. The van der Waals surface area contributed by atoms with E-state index >= 15 is 0 Å². The van der Waals surface area contributed by atoms with Crippen LogP contribution in [0.5, 0.6) is 0 Å². The van der Waals surface area contributed by atoms with E-state index in [1.165, 1.54) is 35.0 Å². The number of H-pyrrole nitrogens is 1. The van der Waals surface area contributed by atoms with Crippen LogP contribution in [0, 0.1) is 11.7 Å². The summed E-state index contributed by atoms with van der Waals surface area (Å²) in [4.78, 5) is 3.65. The van der Waals surface area contributed by atoms with Crippen LogP contribution in [-0.2, 0) is 6.42 Å². The molecule has 0 aliphatic heterocycles. The summed E-state index contributed by atoms with van der Waals surface area (Å²) in [5, 5.41) is 4.94. The molecule has 146 valence electrons. The monoisotopic (exact) mass is 377 g/mol. The summed E-state index contributed by atoms with van der Waals surface area (Å²) in [6.45, 7) is 2.12. The van der Waals surface area contributed by atoms with Gasteiger partial charge in [-0.1, -0.05) is 30.3 Å². The fourth-order valence-electron chi connectivity index (χ4n) is 4.91. The molecule has 0 spiro atoms. The van der Waals surface area contributed by atoms with Crippen molar-refractivity contribution in [3.63, 3.8) is 0 Å². The number of rotatable bonds is 6. The van der Waals surface area contributed by atoms with E-state index in [2.05, 4.69) is 34.6 Å². The van der Waals surface area contributed by atoms with E-state index < -0.39 is 0 Å². The van der Waals surface area contributed by atoms with Crippen LogP contribution in [0.15, 0.2) is 48.5 Å². The minimum atomic E-state index is -0.194. The lowest BCUT2D eigenvalue weighted by Crippen LogP contribution is -2.41. The zero-order valence-electron chi connectivity index (χ0n) is 16.1. The lowest BCUT2D eigenvalue weighted by molar-refractivity contribution is 0.391. The van der Waals surface area contributed by atoms with Crippen LogP contribution in [0.2, 0.25) is 0 Å². The molecular formula is C24H28FN3. The largest absolute Gasteiger partial charge is 0.358 e. The summed E-state index contributed by atoms with van der Waals surface area (Å²) in [5.74, 6) is 1.19. The SMILES string of the molecule is N[C@@H]1[C@@H](c2ccc(F)cc2)Cc2[nH]c3ccccc3c2[C@H]1CCNCC1CC1. The number of aromatic amines is 1. The fraction of sp³-hybridized carbons (Fsp3) is 0.417. The third-order valence-corrected chi connectivity index (χ3v) is 6.61. The highest BCUT2D eigenvalue weighted by molar-refractivity contribution is 5.85. The molecule has 2 aliphatic rings. The topological polar surface area (TPSA) is 53.8 Å². The first-order chi connectivity index (χ1) is 13.7. The number of fused-ring (bicyclic) bond motifs is 3. The van der Waals surface area contributed by atoms with Crippen molar-refractivity contribution in [2.45, 2.75) is 43.6 Å². The fourth-order valence-corrected chi connectivity index (χ4v) is 4.91. The maximum Gasteiger partial charge on any atom is 0.123 e. The molecule has 28 heavy (non-hydrogen) atoms. The average Bonchev–Trinajstić information content (AvgIpc) is 3.46. The van der Waals surface area contributed by atoms with Gasteiger partial charge in [0.1, 0.15) is 5.82 Å². The third-order valence-electron chi connectivity index (χ3n) is 6.61. The molecule has 3 aromatic rings. The Bertz CT molecular complexity index is 958. The van der Waals surface area contributed by atoms with Gasteiger partial charge in [0.15, 0.2) is 0 Å². The first kappa shape index (κ1) is 17.9. The van der Waals surface area contributed by atoms with Gasteiger partial charge in [0.25, 0.3) is 0 Å². The summed E-state index contributed by atoms with van der Waals surface area (Å²) < 4.78 is 13.4. The zero-order valence-corrected chi connectivity index (χ0v) is 16.1. The van der Waals surface area contributed by atoms with E-state index in [0.717, 1.165) is 37.4 Å². The Labute approximate surface area is 165 Å². The normalized spacial score (nSPS) is 24.4. The Morgan fingerprint density at radius 1 is 1.07 bits per heavy atom. The maximum atomic E-state index is 13.4. The molecule has 3 nitrogen and oxygen atoms in total. The number of benzene rings is 2. The van der Waals surface area contributed by atoms with Gasteiger partial charge in [-0.15, -0.1) is 0 Å². The van der Waals surface area contributed by atoms with Gasteiger partial charge in [0.2, 0.25) is 0 Å². The van der Waals surface area contributed by atoms with E-state index in [4.69, 9.17) is 5.73 Å². The molecule has 5 rings (SSSR count). The van der Waals surface area contributed by atoms with E-state index in [1.54, 1.807) is 12.1 Å². The molecule has 0 radical (unpaired) electrons.